The number of rotatable bonds is 1. The Morgan fingerprint density at radius 2 is 1.38 bits per heavy atom. The van der Waals surface area contributed by atoms with Gasteiger partial charge in [0.1, 0.15) is 0 Å². The summed E-state index contributed by atoms with van der Waals surface area (Å²) in [5.41, 5.74) is 9.81. The Morgan fingerprint density at radius 3 is 1.38 bits per heavy atom. The molecule has 0 amide bonds. The number of nitrogens with two attached hydrogens (primary N) is 2. The van der Waals surface area contributed by atoms with E-state index < -0.39 is 0 Å². The first-order valence-electron chi connectivity index (χ1n) is 2.88. The van der Waals surface area contributed by atoms with Crippen LogP contribution in [-0.2, 0) is 0 Å². The Kier molecular flexibility index (Phi) is 13.6. The largest absolute Gasteiger partial charge is 0.329 e. The van der Waals surface area contributed by atoms with Gasteiger partial charge in [0.25, 0.3) is 0 Å². The zero-order chi connectivity index (χ0) is 6.99. The van der Waals surface area contributed by atoms with Crippen LogP contribution >= 0.6 is 0 Å². The van der Waals surface area contributed by atoms with Crippen molar-refractivity contribution >= 4 is 0 Å². The molecular formula is C6H17N2. The van der Waals surface area contributed by atoms with Crippen LogP contribution in [0.2, 0.25) is 0 Å². The van der Waals surface area contributed by atoms with E-state index in [1.807, 2.05) is 0 Å². The highest BCUT2D eigenvalue weighted by Crippen LogP contribution is 1.80. The minimum Gasteiger partial charge on any atom is -0.329 e. The van der Waals surface area contributed by atoms with Crippen molar-refractivity contribution in [3.05, 3.63) is 6.92 Å². The van der Waals surface area contributed by atoms with Crippen LogP contribution in [0.3, 0.4) is 0 Å². The van der Waals surface area contributed by atoms with E-state index in [0.29, 0.717) is 19.0 Å². The van der Waals surface area contributed by atoms with E-state index in [1.54, 1.807) is 0 Å². The second-order valence-electron chi connectivity index (χ2n) is 1.97. The molecule has 0 aromatic rings. The predicted molar refractivity (Wildman–Crippen MR) is 38.3 cm³/mol. The smallest absolute Gasteiger partial charge is 0.00461 e. The molecule has 0 atom stereocenters. The zero-order valence-electron chi connectivity index (χ0n) is 5.85. The minimum absolute atomic E-state index is 0.583. The maximum Gasteiger partial charge on any atom is 0.00461 e. The Bertz CT molecular complexity index is 23.0. The number of hydrogen-bond acceptors (Lipinski definition) is 2. The summed E-state index contributed by atoms with van der Waals surface area (Å²) in [7, 11) is 0. The Balaban J connectivity index is 0. The third-order valence-electron chi connectivity index (χ3n) is 0.167. The SMILES string of the molecule is NCCN.[CH2]C(C)C. The Labute approximate surface area is 52.2 Å². The molecule has 0 unspecified atom stereocenters. The van der Waals surface area contributed by atoms with E-state index in [2.05, 4.69) is 20.8 Å². The summed E-state index contributed by atoms with van der Waals surface area (Å²) in [6, 6.07) is 0. The quantitative estimate of drug-likeness (QED) is 0.521. The second kappa shape index (κ2) is 10.0. The van der Waals surface area contributed by atoms with Crippen LogP contribution in [0, 0.1) is 12.8 Å². The summed E-state index contributed by atoms with van der Waals surface area (Å²) in [5.74, 6) is 0.583. The lowest BCUT2D eigenvalue weighted by molar-refractivity contribution is 0.827. The summed E-state index contributed by atoms with van der Waals surface area (Å²) in [6.45, 7) is 8.94. The van der Waals surface area contributed by atoms with Crippen molar-refractivity contribution in [2.45, 2.75) is 13.8 Å². The van der Waals surface area contributed by atoms with Gasteiger partial charge in [-0.15, -0.1) is 0 Å². The average molecular weight is 117 g/mol. The number of hydrogen-bond donors (Lipinski definition) is 2. The molecule has 0 aromatic heterocycles. The van der Waals surface area contributed by atoms with Gasteiger partial charge in [-0.05, 0) is 5.92 Å². The molecule has 0 heterocycles. The molecule has 2 nitrogen and oxygen atoms in total. The molecule has 0 aliphatic carbocycles. The fourth-order valence-corrected chi connectivity index (χ4v) is 0. The summed E-state index contributed by atoms with van der Waals surface area (Å²) >= 11 is 0. The molecule has 4 N–H and O–H groups in total. The lowest BCUT2D eigenvalue weighted by atomic mass is 10.3. The van der Waals surface area contributed by atoms with Gasteiger partial charge < -0.3 is 11.5 Å². The molecular weight excluding hydrogens is 100 g/mol. The van der Waals surface area contributed by atoms with Crippen LogP contribution < -0.4 is 11.5 Å². The molecule has 0 spiro atoms. The highest BCUT2D eigenvalue weighted by atomic mass is 14.6. The molecule has 0 saturated carbocycles. The van der Waals surface area contributed by atoms with E-state index in [0.717, 1.165) is 0 Å². The van der Waals surface area contributed by atoms with Gasteiger partial charge >= 0.3 is 0 Å². The molecule has 0 saturated heterocycles. The molecule has 8 heavy (non-hydrogen) atoms. The van der Waals surface area contributed by atoms with Gasteiger partial charge in [0.15, 0.2) is 0 Å². The van der Waals surface area contributed by atoms with Crippen molar-refractivity contribution in [1.29, 1.82) is 0 Å². The van der Waals surface area contributed by atoms with E-state index in [-0.39, 0.29) is 0 Å². The van der Waals surface area contributed by atoms with Crippen molar-refractivity contribution in [3.8, 4) is 0 Å². The highest BCUT2D eigenvalue weighted by molar-refractivity contribution is 4.38. The van der Waals surface area contributed by atoms with Crippen molar-refractivity contribution in [2.24, 2.45) is 17.4 Å². The van der Waals surface area contributed by atoms with Crippen LogP contribution in [0.15, 0.2) is 0 Å². The van der Waals surface area contributed by atoms with Gasteiger partial charge in [0.2, 0.25) is 0 Å². The Morgan fingerprint density at radius 1 is 1.25 bits per heavy atom. The van der Waals surface area contributed by atoms with Gasteiger partial charge in [0, 0.05) is 13.1 Å². The zero-order valence-corrected chi connectivity index (χ0v) is 5.85. The molecule has 1 radical (unpaired) electrons. The average Bonchev–Trinajstić information content (AvgIpc) is 1.65. The maximum absolute atomic E-state index is 4.90. The molecule has 0 aromatic carbocycles. The third kappa shape index (κ3) is 169. The van der Waals surface area contributed by atoms with Crippen molar-refractivity contribution in [1.82, 2.24) is 0 Å². The van der Waals surface area contributed by atoms with Crippen molar-refractivity contribution < 1.29 is 0 Å². The van der Waals surface area contributed by atoms with Crippen molar-refractivity contribution in [2.75, 3.05) is 13.1 Å². The van der Waals surface area contributed by atoms with Gasteiger partial charge in [0.05, 0.1) is 0 Å². The second-order valence-corrected chi connectivity index (χ2v) is 1.97. The van der Waals surface area contributed by atoms with Gasteiger partial charge in [-0.25, -0.2) is 0 Å². The summed E-state index contributed by atoms with van der Waals surface area (Å²) in [6.07, 6.45) is 0. The van der Waals surface area contributed by atoms with Gasteiger partial charge in [-0.2, -0.15) is 0 Å². The highest BCUT2D eigenvalue weighted by Gasteiger charge is 1.68. The van der Waals surface area contributed by atoms with Crippen LogP contribution in [-0.4, -0.2) is 13.1 Å². The van der Waals surface area contributed by atoms with Crippen LogP contribution in [0.4, 0.5) is 0 Å². The molecule has 0 aliphatic heterocycles. The summed E-state index contributed by atoms with van der Waals surface area (Å²) in [4.78, 5) is 0. The van der Waals surface area contributed by atoms with Crippen molar-refractivity contribution in [3.63, 3.8) is 0 Å². The van der Waals surface area contributed by atoms with E-state index in [1.165, 1.54) is 0 Å². The van der Waals surface area contributed by atoms with E-state index in [9.17, 15) is 0 Å². The fourth-order valence-electron chi connectivity index (χ4n) is 0. The predicted octanol–water partition coefficient (Wildman–Crippen LogP) is 0.380. The molecule has 0 aliphatic rings. The lowest BCUT2D eigenvalue weighted by Gasteiger charge is -1.78. The fraction of sp³-hybridized carbons (Fsp3) is 0.833. The first-order valence-corrected chi connectivity index (χ1v) is 2.88. The maximum atomic E-state index is 4.90. The summed E-state index contributed by atoms with van der Waals surface area (Å²) in [5, 5.41) is 0. The van der Waals surface area contributed by atoms with Crippen LogP contribution in [0.25, 0.3) is 0 Å². The topological polar surface area (TPSA) is 52.0 Å². The first kappa shape index (κ1) is 10.8. The monoisotopic (exact) mass is 117 g/mol. The standard InChI is InChI=1S/C4H9.C2H8N2/c1-4(2)3;3-1-2-4/h4H,1H2,2-3H3;1-4H2. The molecule has 0 bridgehead atoms. The Hall–Kier alpha value is -0.0800. The minimum atomic E-state index is 0.583. The molecule has 2 heteroatoms. The van der Waals surface area contributed by atoms with Gasteiger partial charge in [-0.1, -0.05) is 20.8 Å². The molecule has 0 fully saturated rings. The molecule has 0 rings (SSSR count). The first-order chi connectivity index (χ1) is 3.65. The lowest BCUT2D eigenvalue weighted by Crippen LogP contribution is -2.11. The van der Waals surface area contributed by atoms with E-state index in [4.69, 9.17) is 11.5 Å². The molecule has 51 valence electrons. The van der Waals surface area contributed by atoms with Gasteiger partial charge in [-0.3, -0.25) is 0 Å². The van der Waals surface area contributed by atoms with E-state index >= 15 is 0 Å². The third-order valence-corrected chi connectivity index (χ3v) is 0.167. The normalized spacial score (nSPS) is 8.25. The van der Waals surface area contributed by atoms with Crippen LogP contribution in [0.5, 0.6) is 0 Å². The van der Waals surface area contributed by atoms with Crippen LogP contribution in [0.1, 0.15) is 13.8 Å². The summed E-state index contributed by atoms with van der Waals surface area (Å²) < 4.78 is 0.